The minimum atomic E-state index is 0.587. The van der Waals surface area contributed by atoms with E-state index in [0.29, 0.717) is 17.5 Å². The first-order valence-corrected chi connectivity index (χ1v) is 20.3. The molecule has 0 N–H and O–H groups in total. The average molecular weight is 765 g/mol. The molecule has 0 bridgehead atoms. The molecular formula is C55H32N4O. The largest absolute Gasteiger partial charge is 0.455 e. The number of furan rings is 1. The van der Waals surface area contributed by atoms with E-state index >= 15 is 0 Å². The van der Waals surface area contributed by atoms with Crippen molar-refractivity contribution in [1.29, 1.82) is 0 Å². The molecule has 10 aromatic carbocycles. The molecule has 3 aromatic heterocycles. The van der Waals surface area contributed by atoms with Gasteiger partial charge in [0.05, 0.1) is 16.7 Å². The molecule has 278 valence electrons. The van der Waals surface area contributed by atoms with Crippen LogP contribution >= 0.6 is 0 Å². The van der Waals surface area contributed by atoms with Crippen molar-refractivity contribution in [2.45, 2.75) is 0 Å². The summed E-state index contributed by atoms with van der Waals surface area (Å²) in [6, 6.07) is 68.7. The third kappa shape index (κ3) is 4.90. The smallest absolute Gasteiger partial charge is 0.164 e. The van der Waals surface area contributed by atoms with Crippen LogP contribution in [-0.2, 0) is 0 Å². The Kier molecular flexibility index (Phi) is 6.95. The van der Waals surface area contributed by atoms with E-state index < -0.39 is 0 Å². The van der Waals surface area contributed by atoms with Crippen molar-refractivity contribution in [3.8, 4) is 39.9 Å². The highest BCUT2D eigenvalue weighted by Crippen LogP contribution is 2.44. The quantitative estimate of drug-likeness (QED) is 0.179. The third-order valence-corrected chi connectivity index (χ3v) is 12.2. The summed E-state index contributed by atoms with van der Waals surface area (Å²) in [5.74, 6) is 1.84. The van der Waals surface area contributed by atoms with Gasteiger partial charge in [-0.25, -0.2) is 15.0 Å². The number of fused-ring (bicyclic) bond motifs is 12. The molecule has 5 heteroatoms. The Labute approximate surface area is 343 Å². The second-order valence-electron chi connectivity index (χ2n) is 15.6. The van der Waals surface area contributed by atoms with Crippen LogP contribution in [0.4, 0.5) is 0 Å². The third-order valence-electron chi connectivity index (χ3n) is 12.2. The minimum absolute atomic E-state index is 0.587. The Morgan fingerprint density at radius 1 is 0.350 bits per heavy atom. The Hall–Kier alpha value is -8.15. The molecule has 13 aromatic rings. The van der Waals surface area contributed by atoms with Crippen LogP contribution in [0.1, 0.15) is 0 Å². The van der Waals surface area contributed by atoms with Gasteiger partial charge in [0, 0.05) is 54.4 Å². The normalized spacial score (nSPS) is 12.0. The standard InChI is InChI=1S/C55H32N4O/c1-2-15-35(16-3-1)53-56-54(58-55(57-53)45-24-12-19-33-13-6-8-20-39(33)45)38-26-27-42-47-32-49(41-22-10-11-23-44(41)52(47)60-50(42)31-38)59-48-30-37-18-5-4-17-36(37)29-46(48)43-28-25-34-14-7-9-21-40(34)51(43)59/h1-32H. The lowest BCUT2D eigenvalue weighted by Gasteiger charge is -2.14. The average Bonchev–Trinajstić information content (AvgIpc) is 3.85. The fourth-order valence-corrected chi connectivity index (χ4v) is 9.38. The lowest BCUT2D eigenvalue weighted by Crippen LogP contribution is -2.00. The molecule has 0 saturated carbocycles. The van der Waals surface area contributed by atoms with Gasteiger partial charge < -0.3 is 8.98 Å². The SMILES string of the molecule is c1ccc(-c2nc(-c3ccc4c(c3)oc3c5ccccc5c(-n5c6cc7ccccc7cc6c6ccc7ccccc7c65)cc43)nc(-c3cccc4ccccc34)n2)cc1. The molecule has 5 nitrogen and oxygen atoms in total. The van der Waals surface area contributed by atoms with E-state index in [-0.39, 0.29) is 0 Å². The molecule has 0 fully saturated rings. The van der Waals surface area contributed by atoms with Crippen LogP contribution in [0.15, 0.2) is 199 Å². The van der Waals surface area contributed by atoms with Gasteiger partial charge in [0.15, 0.2) is 17.5 Å². The molecule has 0 spiro atoms. The van der Waals surface area contributed by atoms with E-state index in [4.69, 9.17) is 19.4 Å². The van der Waals surface area contributed by atoms with E-state index in [1.54, 1.807) is 0 Å². The first-order chi connectivity index (χ1) is 29.7. The lowest BCUT2D eigenvalue weighted by molar-refractivity contribution is 0.672. The highest BCUT2D eigenvalue weighted by atomic mass is 16.3. The zero-order chi connectivity index (χ0) is 39.3. The van der Waals surface area contributed by atoms with Crippen LogP contribution in [0.25, 0.3) is 127 Å². The summed E-state index contributed by atoms with van der Waals surface area (Å²) in [4.78, 5) is 15.3. The van der Waals surface area contributed by atoms with Gasteiger partial charge >= 0.3 is 0 Å². The van der Waals surface area contributed by atoms with E-state index in [1.165, 1.54) is 43.4 Å². The summed E-state index contributed by atoms with van der Waals surface area (Å²) in [6.45, 7) is 0. The molecule has 0 atom stereocenters. The van der Waals surface area contributed by atoms with Crippen LogP contribution in [0.2, 0.25) is 0 Å². The zero-order valence-electron chi connectivity index (χ0n) is 32.2. The van der Waals surface area contributed by atoms with E-state index in [0.717, 1.165) is 65.9 Å². The predicted molar refractivity (Wildman–Crippen MR) is 248 cm³/mol. The van der Waals surface area contributed by atoms with Crippen molar-refractivity contribution in [1.82, 2.24) is 19.5 Å². The highest BCUT2D eigenvalue weighted by molar-refractivity contribution is 6.23. The summed E-state index contributed by atoms with van der Waals surface area (Å²) in [5, 5.41) is 13.8. The fraction of sp³-hybridized carbons (Fsp3) is 0. The van der Waals surface area contributed by atoms with E-state index in [9.17, 15) is 0 Å². The number of rotatable bonds is 4. The number of benzene rings is 10. The second-order valence-corrected chi connectivity index (χ2v) is 15.6. The molecule has 3 heterocycles. The van der Waals surface area contributed by atoms with Crippen LogP contribution in [0, 0.1) is 0 Å². The van der Waals surface area contributed by atoms with Gasteiger partial charge in [0.2, 0.25) is 0 Å². The van der Waals surface area contributed by atoms with Crippen molar-refractivity contribution in [3.63, 3.8) is 0 Å². The summed E-state index contributed by atoms with van der Waals surface area (Å²) in [6.07, 6.45) is 0. The molecule has 0 unspecified atom stereocenters. The summed E-state index contributed by atoms with van der Waals surface area (Å²) in [5.41, 5.74) is 7.86. The van der Waals surface area contributed by atoms with Gasteiger partial charge in [-0.1, -0.05) is 164 Å². The Bertz CT molecular complexity index is 3890. The number of hydrogen-bond acceptors (Lipinski definition) is 4. The van der Waals surface area contributed by atoms with Crippen molar-refractivity contribution >= 4 is 86.8 Å². The summed E-state index contributed by atoms with van der Waals surface area (Å²) < 4.78 is 9.40. The predicted octanol–water partition coefficient (Wildman–Crippen LogP) is 14.5. The molecule has 0 aliphatic rings. The lowest BCUT2D eigenvalue weighted by atomic mass is 10.0. The highest BCUT2D eigenvalue weighted by Gasteiger charge is 2.22. The molecular weight excluding hydrogens is 733 g/mol. The van der Waals surface area contributed by atoms with Crippen molar-refractivity contribution in [2.75, 3.05) is 0 Å². The minimum Gasteiger partial charge on any atom is -0.455 e. The molecule has 0 saturated heterocycles. The second kappa shape index (κ2) is 12.7. The molecule has 0 amide bonds. The maximum Gasteiger partial charge on any atom is 0.164 e. The van der Waals surface area contributed by atoms with Crippen LogP contribution < -0.4 is 0 Å². The Morgan fingerprint density at radius 2 is 0.967 bits per heavy atom. The van der Waals surface area contributed by atoms with E-state index in [2.05, 4.69) is 168 Å². The number of nitrogens with zero attached hydrogens (tertiary/aromatic N) is 4. The van der Waals surface area contributed by atoms with Gasteiger partial charge in [-0.15, -0.1) is 0 Å². The Balaban J connectivity index is 1.06. The van der Waals surface area contributed by atoms with Crippen LogP contribution in [0.5, 0.6) is 0 Å². The first kappa shape index (κ1) is 32.9. The van der Waals surface area contributed by atoms with Gasteiger partial charge in [-0.2, -0.15) is 0 Å². The van der Waals surface area contributed by atoms with Crippen molar-refractivity contribution < 1.29 is 4.42 Å². The van der Waals surface area contributed by atoms with Crippen LogP contribution in [-0.4, -0.2) is 19.5 Å². The van der Waals surface area contributed by atoms with Crippen molar-refractivity contribution in [2.24, 2.45) is 0 Å². The summed E-state index contributed by atoms with van der Waals surface area (Å²) in [7, 11) is 0. The van der Waals surface area contributed by atoms with Gasteiger partial charge in [-0.3, -0.25) is 0 Å². The van der Waals surface area contributed by atoms with Gasteiger partial charge in [0.25, 0.3) is 0 Å². The molecule has 0 aliphatic carbocycles. The zero-order valence-corrected chi connectivity index (χ0v) is 32.2. The fourth-order valence-electron chi connectivity index (χ4n) is 9.38. The van der Waals surface area contributed by atoms with Crippen LogP contribution in [0.3, 0.4) is 0 Å². The Morgan fingerprint density at radius 3 is 1.78 bits per heavy atom. The summed E-state index contributed by atoms with van der Waals surface area (Å²) >= 11 is 0. The first-order valence-electron chi connectivity index (χ1n) is 20.3. The monoisotopic (exact) mass is 764 g/mol. The van der Waals surface area contributed by atoms with Gasteiger partial charge in [-0.05, 0) is 57.3 Å². The topological polar surface area (TPSA) is 56.7 Å². The molecule has 13 rings (SSSR count). The maximum atomic E-state index is 6.91. The molecule has 60 heavy (non-hydrogen) atoms. The van der Waals surface area contributed by atoms with E-state index in [1.807, 2.05) is 30.3 Å². The number of hydrogen-bond donors (Lipinski definition) is 0. The van der Waals surface area contributed by atoms with Crippen molar-refractivity contribution in [3.05, 3.63) is 194 Å². The van der Waals surface area contributed by atoms with Gasteiger partial charge in [0.1, 0.15) is 11.2 Å². The number of aromatic nitrogens is 4. The maximum absolute atomic E-state index is 6.91. The molecule has 0 radical (unpaired) electrons. The molecule has 0 aliphatic heterocycles.